The standard InChI is InChI=1S/C17H24N4/c1-13-6-8-15(9-7-13)21(5)16-12-18-14(10-19-16)11-20-17(2,3)4/h6-10,12,20H,11H2,1-5H3. The minimum Gasteiger partial charge on any atom is -0.328 e. The van der Waals surface area contributed by atoms with E-state index in [0.29, 0.717) is 0 Å². The number of hydrogen-bond donors (Lipinski definition) is 1. The van der Waals surface area contributed by atoms with Gasteiger partial charge in [-0.25, -0.2) is 4.98 Å². The third kappa shape index (κ3) is 4.53. The summed E-state index contributed by atoms with van der Waals surface area (Å²) in [5.74, 6) is 0.846. The minimum absolute atomic E-state index is 0.0824. The fourth-order valence-electron chi connectivity index (χ4n) is 1.87. The lowest BCUT2D eigenvalue weighted by molar-refractivity contribution is 0.421. The van der Waals surface area contributed by atoms with Crippen LogP contribution in [0.3, 0.4) is 0 Å². The zero-order chi connectivity index (χ0) is 15.5. The molecule has 0 aliphatic rings. The average molecular weight is 284 g/mol. The lowest BCUT2D eigenvalue weighted by Crippen LogP contribution is -2.35. The van der Waals surface area contributed by atoms with Crippen LogP contribution in [0.5, 0.6) is 0 Å². The maximum Gasteiger partial charge on any atom is 0.151 e. The van der Waals surface area contributed by atoms with Gasteiger partial charge in [-0.2, -0.15) is 0 Å². The SMILES string of the molecule is Cc1ccc(N(C)c2cnc(CNC(C)(C)C)cn2)cc1. The van der Waals surface area contributed by atoms with Gasteiger partial charge in [-0.1, -0.05) is 17.7 Å². The summed E-state index contributed by atoms with van der Waals surface area (Å²) in [6, 6.07) is 8.37. The van der Waals surface area contributed by atoms with Gasteiger partial charge < -0.3 is 10.2 Å². The van der Waals surface area contributed by atoms with Crippen LogP contribution in [-0.4, -0.2) is 22.6 Å². The van der Waals surface area contributed by atoms with Crippen molar-refractivity contribution in [1.29, 1.82) is 0 Å². The smallest absolute Gasteiger partial charge is 0.151 e. The number of nitrogens with one attached hydrogen (secondary N) is 1. The van der Waals surface area contributed by atoms with Gasteiger partial charge in [0, 0.05) is 24.8 Å². The van der Waals surface area contributed by atoms with Crippen molar-refractivity contribution in [3.05, 3.63) is 47.9 Å². The number of benzene rings is 1. The first-order valence-electron chi connectivity index (χ1n) is 7.21. The molecule has 21 heavy (non-hydrogen) atoms. The van der Waals surface area contributed by atoms with E-state index < -0.39 is 0 Å². The predicted octanol–water partition coefficient (Wildman–Crippen LogP) is 3.44. The number of rotatable bonds is 4. The van der Waals surface area contributed by atoms with Crippen molar-refractivity contribution in [2.24, 2.45) is 0 Å². The summed E-state index contributed by atoms with van der Waals surface area (Å²) in [7, 11) is 2.00. The second kappa shape index (κ2) is 6.22. The molecule has 0 bridgehead atoms. The van der Waals surface area contributed by atoms with Crippen molar-refractivity contribution in [2.45, 2.75) is 39.8 Å². The topological polar surface area (TPSA) is 41.1 Å². The maximum atomic E-state index is 4.50. The highest BCUT2D eigenvalue weighted by atomic mass is 15.2. The lowest BCUT2D eigenvalue weighted by Gasteiger charge is -2.21. The first-order valence-corrected chi connectivity index (χ1v) is 7.21. The van der Waals surface area contributed by atoms with Crippen molar-refractivity contribution in [3.63, 3.8) is 0 Å². The first kappa shape index (κ1) is 15.4. The molecule has 0 saturated carbocycles. The molecule has 0 aliphatic carbocycles. The molecule has 0 fully saturated rings. The van der Waals surface area contributed by atoms with Gasteiger partial charge in [0.1, 0.15) is 0 Å². The van der Waals surface area contributed by atoms with Crippen LogP contribution in [0.1, 0.15) is 32.0 Å². The Kier molecular flexibility index (Phi) is 4.58. The number of aryl methyl sites for hydroxylation is 1. The molecule has 2 aromatic rings. The Labute approximate surface area is 127 Å². The minimum atomic E-state index is 0.0824. The number of aromatic nitrogens is 2. The van der Waals surface area contributed by atoms with Gasteiger partial charge in [-0.05, 0) is 39.8 Å². The molecule has 1 aromatic carbocycles. The molecular formula is C17H24N4. The molecular weight excluding hydrogens is 260 g/mol. The number of hydrogen-bond acceptors (Lipinski definition) is 4. The third-order valence-corrected chi connectivity index (χ3v) is 3.26. The van der Waals surface area contributed by atoms with Crippen LogP contribution in [-0.2, 0) is 6.54 Å². The highest BCUT2D eigenvalue weighted by molar-refractivity contribution is 5.58. The number of anilines is 2. The van der Waals surface area contributed by atoms with E-state index in [1.165, 1.54) is 5.56 Å². The molecule has 0 saturated heterocycles. The summed E-state index contributed by atoms with van der Waals surface area (Å²) in [6.45, 7) is 9.23. The predicted molar refractivity (Wildman–Crippen MR) is 87.9 cm³/mol. The Morgan fingerprint density at radius 2 is 1.71 bits per heavy atom. The summed E-state index contributed by atoms with van der Waals surface area (Å²) in [5, 5.41) is 3.41. The van der Waals surface area contributed by atoms with Crippen LogP contribution in [0.4, 0.5) is 11.5 Å². The van der Waals surface area contributed by atoms with Gasteiger partial charge >= 0.3 is 0 Å². The molecule has 0 atom stereocenters. The van der Waals surface area contributed by atoms with E-state index >= 15 is 0 Å². The molecule has 1 N–H and O–H groups in total. The largest absolute Gasteiger partial charge is 0.328 e. The summed E-state index contributed by atoms with van der Waals surface area (Å²) < 4.78 is 0. The van der Waals surface area contributed by atoms with Crippen LogP contribution in [0.25, 0.3) is 0 Å². The van der Waals surface area contributed by atoms with Crippen molar-refractivity contribution in [3.8, 4) is 0 Å². The highest BCUT2D eigenvalue weighted by Crippen LogP contribution is 2.21. The Hall–Kier alpha value is -1.94. The van der Waals surface area contributed by atoms with E-state index in [9.17, 15) is 0 Å². The molecule has 1 heterocycles. The van der Waals surface area contributed by atoms with Gasteiger partial charge in [0.25, 0.3) is 0 Å². The Balaban J connectivity index is 2.06. The molecule has 4 nitrogen and oxygen atoms in total. The molecule has 2 rings (SSSR count). The Morgan fingerprint density at radius 1 is 1.05 bits per heavy atom. The summed E-state index contributed by atoms with van der Waals surface area (Å²) >= 11 is 0. The monoisotopic (exact) mass is 284 g/mol. The first-order chi connectivity index (χ1) is 9.85. The molecule has 1 aromatic heterocycles. The van der Waals surface area contributed by atoms with E-state index in [1.807, 2.05) is 24.3 Å². The van der Waals surface area contributed by atoms with Crippen LogP contribution in [0, 0.1) is 6.92 Å². The molecule has 0 amide bonds. The zero-order valence-corrected chi connectivity index (χ0v) is 13.5. The number of nitrogens with zero attached hydrogens (tertiary/aromatic N) is 3. The molecule has 0 spiro atoms. The Bertz CT molecular complexity index is 567. The van der Waals surface area contributed by atoms with E-state index in [2.05, 4.69) is 67.2 Å². The van der Waals surface area contributed by atoms with E-state index in [-0.39, 0.29) is 5.54 Å². The Morgan fingerprint density at radius 3 is 2.24 bits per heavy atom. The van der Waals surface area contributed by atoms with Gasteiger partial charge in [0.05, 0.1) is 18.1 Å². The van der Waals surface area contributed by atoms with Crippen molar-refractivity contribution in [1.82, 2.24) is 15.3 Å². The maximum absolute atomic E-state index is 4.50. The molecule has 112 valence electrons. The highest BCUT2D eigenvalue weighted by Gasteiger charge is 2.10. The zero-order valence-electron chi connectivity index (χ0n) is 13.5. The van der Waals surface area contributed by atoms with Crippen LogP contribution in [0.15, 0.2) is 36.7 Å². The van der Waals surface area contributed by atoms with Crippen molar-refractivity contribution < 1.29 is 0 Å². The fourth-order valence-corrected chi connectivity index (χ4v) is 1.87. The van der Waals surface area contributed by atoms with Crippen LogP contribution < -0.4 is 10.2 Å². The van der Waals surface area contributed by atoms with Gasteiger partial charge in [0.15, 0.2) is 5.82 Å². The molecule has 0 aliphatic heterocycles. The second-order valence-corrected chi connectivity index (χ2v) is 6.36. The second-order valence-electron chi connectivity index (χ2n) is 6.36. The van der Waals surface area contributed by atoms with E-state index in [0.717, 1.165) is 23.7 Å². The average Bonchev–Trinajstić information content (AvgIpc) is 2.45. The molecule has 4 heteroatoms. The van der Waals surface area contributed by atoms with Gasteiger partial charge in [-0.3, -0.25) is 4.98 Å². The van der Waals surface area contributed by atoms with E-state index in [1.54, 1.807) is 0 Å². The summed E-state index contributed by atoms with van der Waals surface area (Å²) in [4.78, 5) is 11.0. The quantitative estimate of drug-likeness (QED) is 0.933. The van der Waals surface area contributed by atoms with Crippen molar-refractivity contribution in [2.75, 3.05) is 11.9 Å². The van der Waals surface area contributed by atoms with Crippen LogP contribution >= 0.6 is 0 Å². The normalized spacial score (nSPS) is 11.5. The molecule has 0 radical (unpaired) electrons. The van der Waals surface area contributed by atoms with Gasteiger partial charge in [-0.15, -0.1) is 0 Å². The van der Waals surface area contributed by atoms with E-state index in [4.69, 9.17) is 0 Å². The third-order valence-electron chi connectivity index (χ3n) is 3.26. The lowest BCUT2D eigenvalue weighted by atomic mass is 10.1. The molecule has 0 unspecified atom stereocenters. The van der Waals surface area contributed by atoms with Crippen molar-refractivity contribution >= 4 is 11.5 Å². The summed E-state index contributed by atoms with van der Waals surface area (Å²) in [6.07, 6.45) is 3.65. The van der Waals surface area contributed by atoms with Gasteiger partial charge in [0.2, 0.25) is 0 Å². The van der Waals surface area contributed by atoms with Crippen LogP contribution in [0.2, 0.25) is 0 Å². The fraction of sp³-hybridized carbons (Fsp3) is 0.412. The summed E-state index contributed by atoms with van der Waals surface area (Å²) in [5.41, 5.74) is 3.39.